The zero-order valence-corrected chi connectivity index (χ0v) is 9.81. The van der Waals surface area contributed by atoms with Crippen molar-refractivity contribution in [1.82, 2.24) is 0 Å². The van der Waals surface area contributed by atoms with Gasteiger partial charge in [0.1, 0.15) is 0 Å². The molecule has 0 N–H and O–H groups in total. The topological polar surface area (TPSA) is 0 Å². The van der Waals surface area contributed by atoms with Gasteiger partial charge in [-0.05, 0) is 43.4 Å². The van der Waals surface area contributed by atoms with Crippen LogP contribution in [0.25, 0.3) is 0 Å². The van der Waals surface area contributed by atoms with Crippen molar-refractivity contribution < 1.29 is 0 Å². The van der Waals surface area contributed by atoms with Crippen LogP contribution in [0.5, 0.6) is 0 Å². The van der Waals surface area contributed by atoms with Crippen LogP contribution in [0.4, 0.5) is 0 Å². The van der Waals surface area contributed by atoms with Gasteiger partial charge >= 0.3 is 0 Å². The fourth-order valence-corrected chi connectivity index (χ4v) is 3.85. The summed E-state index contributed by atoms with van der Waals surface area (Å²) in [6.45, 7) is 8.88. The SMILES string of the molecule is C=C(C)C1(C2CCCCC2)CC1CC. The monoisotopic (exact) mass is 192 g/mol. The Morgan fingerprint density at radius 3 is 2.36 bits per heavy atom. The summed E-state index contributed by atoms with van der Waals surface area (Å²) < 4.78 is 0. The second-order valence-corrected chi connectivity index (χ2v) is 5.46. The molecule has 2 unspecified atom stereocenters. The molecular formula is C14H24. The third kappa shape index (κ3) is 1.43. The van der Waals surface area contributed by atoms with Crippen molar-refractivity contribution in [1.29, 1.82) is 0 Å². The van der Waals surface area contributed by atoms with Crippen LogP contribution in [-0.2, 0) is 0 Å². The van der Waals surface area contributed by atoms with E-state index in [1.807, 2.05) is 0 Å². The highest BCUT2D eigenvalue weighted by molar-refractivity contribution is 5.23. The van der Waals surface area contributed by atoms with Gasteiger partial charge in [0.2, 0.25) is 0 Å². The first-order chi connectivity index (χ1) is 6.71. The minimum Gasteiger partial charge on any atom is -0.0996 e. The maximum atomic E-state index is 4.26. The van der Waals surface area contributed by atoms with Crippen LogP contribution >= 0.6 is 0 Å². The maximum absolute atomic E-state index is 4.26. The molecule has 0 heterocycles. The van der Waals surface area contributed by atoms with Crippen LogP contribution in [0.2, 0.25) is 0 Å². The molecular weight excluding hydrogens is 168 g/mol. The van der Waals surface area contributed by atoms with Crippen LogP contribution in [0.3, 0.4) is 0 Å². The molecule has 2 aliphatic carbocycles. The van der Waals surface area contributed by atoms with Crippen LogP contribution < -0.4 is 0 Å². The van der Waals surface area contributed by atoms with Gasteiger partial charge in [0.15, 0.2) is 0 Å². The van der Waals surface area contributed by atoms with Crippen LogP contribution in [0.1, 0.15) is 58.8 Å². The lowest BCUT2D eigenvalue weighted by Crippen LogP contribution is -2.22. The summed E-state index contributed by atoms with van der Waals surface area (Å²) in [6, 6.07) is 0. The molecule has 2 saturated carbocycles. The first-order valence-corrected chi connectivity index (χ1v) is 6.37. The van der Waals surface area contributed by atoms with E-state index in [0.29, 0.717) is 5.41 Å². The summed E-state index contributed by atoms with van der Waals surface area (Å²) in [6.07, 6.45) is 10.2. The Morgan fingerprint density at radius 2 is 1.93 bits per heavy atom. The summed E-state index contributed by atoms with van der Waals surface area (Å²) in [5.74, 6) is 1.96. The predicted octanol–water partition coefficient (Wildman–Crippen LogP) is 4.56. The molecule has 0 amide bonds. The third-order valence-corrected chi connectivity index (χ3v) is 4.77. The number of allylic oxidation sites excluding steroid dienone is 1. The Hall–Kier alpha value is -0.260. The minimum atomic E-state index is 0.592. The first-order valence-electron chi connectivity index (χ1n) is 6.37. The van der Waals surface area contributed by atoms with Gasteiger partial charge in [-0.1, -0.05) is 44.8 Å². The highest BCUT2D eigenvalue weighted by Crippen LogP contribution is 2.66. The van der Waals surface area contributed by atoms with Crippen LogP contribution in [-0.4, -0.2) is 0 Å². The second-order valence-electron chi connectivity index (χ2n) is 5.46. The Labute approximate surface area is 88.8 Å². The number of hydrogen-bond donors (Lipinski definition) is 0. The van der Waals surface area contributed by atoms with E-state index < -0.39 is 0 Å². The third-order valence-electron chi connectivity index (χ3n) is 4.77. The molecule has 0 aromatic heterocycles. The zero-order chi connectivity index (χ0) is 10.2. The Morgan fingerprint density at radius 1 is 1.29 bits per heavy atom. The quantitative estimate of drug-likeness (QED) is 0.575. The Kier molecular flexibility index (Phi) is 2.72. The van der Waals surface area contributed by atoms with E-state index in [2.05, 4.69) is 20.4 Å². The first kappa shape index (κ1) is 10.3. The van der Waals surface area contributed by atoms with Crippen molar-refractivity contribution in [3.63, 3.8) is 0 Å². The van der Waals surface area contributed by atoms with Gasteiger partial charge in [-0.3, -0.25) is 0 Å². The molecule has 0 aromatic rings. The molecule has 14 heavy (non-hydrogen) atoms. The molecule has 80 valence electrons. The summed E-state index contributed by atoms with van der Waals surface area (Å²) in [4.78, 5) is 0. The average molecular weight is 192 g/mol. The van der Waals surface area contributed by atoms with Gasteiger partial charge in [0.05, 0.1) is 0 Å². The second kappa shape index (κ2) is 3.72. The standard InChI is InChI=1S/C14H24/c1-4-12-10-14(12,11(2)3)13-8-6-5-7-9-13/h12-13H,2,4-10H2,1,3H3. The highest BCUT2D eigenvalue weighted by Gasteiger charge is 2.57. The van der Waals surface area contributed by atoms with Gasteiger partial charge in [-0.2, -0.15) is 0 Å². The molecule has 0 radical (unpaired) electrons. The van der Waals surface area contributed by atoms with E-state index in [9.17, 15) is 0 Å². The van der Waals surface area contributed by atoms with Crippen LogP contribution in [0.15, 0.2) is 12.2 Å². The van der Waals surface area contributed by atoms with Gasteiger partial charge < -0.3 is 0 Å². The lowest BCUT2D eigenvalue weighted by Gasteiger charge is -2.32. The van der Waals surface area contributed by atoms with Gasteiger partial charge in [-0.15, -0.1) is 0 Å². The highest BCUT2D eigenvalue weighted by atomic mass is 14.6. The van der Waals surface area contributed by atoms with E-state index in [-0.39, 0.29) is 0 Å². The molecule has 0 nitrogen and oxygen atoms in total. The molecule has 0 saturated heterocycles. The molecule has 0 aliphatic heterocycles. The van der Waals surface area contributed by atoms with Crippen molar-refractivity contribution in [3.8, 4) is 0 Å². The van der Waals surface area contributed by atoms with E-state index in [4.69, 9.17) is 0 Å². The molecule has 0 heteroatoms. The Balaban J connectivity index is 2.08. The fraction of sp³-hybridized carbons (Fsp3) is 0.857. The van der Waals surface area contributed by atoms with Crippen molar-refractivity contribution in [2.24, 2.45) is 17.3 Å². The molecule has 2 aliphatic rings. The normalized spacial score (nSPS) is 38.3. The lowest BCUT2D eigenvalue weighted by molar-refractivity contribution is 0.241. The molecule has 0 aromatic carbocycles. The van der Waals surface area contributed by atoms with Crippen LogP contribution in [0, 0.1) is 17.3 Å². The van der Waals surface area contributed by atoms with Crippen molar-refractivity contribution >= 4 is 0 Å². The Bertz CT molecular complexity index is 222. The molecule has 2 fully saturated rings. The van der Waals surface area contributed by atoms with Gasteiger partial charge in [0, 0.05) is 0 Å². The fourth-order valence-electron chi connectivity index (χ4n) is 3.85. The largest absolute Gasteiger partial charge is 0.0996 e. The predicted molar refractivity (Wildman–Crippen MR) is 62.2 cm³/mol. The van der Waals surface area contributed by atoms with Gasteiger partial charge in [0.25, 0.3) is 0 Å². The zero-order valence-electron chi connectivity index (χ0n) is 9.81. The maximum Gasteiger partial charge on any atom is -0.00339 e. The molecule has 0 bridgehead atoms. The average Bonchev–Trinajstić information content (AvgIpc) is 2.94. The van der Waals surface area contributed by atoms with E-state index in [1.54, 1.807) is 0 Å². The van der Waals surface area contributed by atoms with E-state index in [0.717, 1.165) is 11.8 Å². The van der Waals surface area contributed by atoms with E-state index >= 15 is 0 Å². The molecule has 2 atom stereocenters. The summed E-state index contributed by atoms with van der Waals surface area (Å²) in [5.41, 5.74) is 2.08. The van der Waals surface area contributed by atoms with Crippen molar-refractivity contribution in [2.45, 2.75) is 58.8 Å². The summed E-state index contributed by atoms with van der Waals surface area (Å²) in [7, 11) is 0. The summed E-state index contributed by atoms with van der Waals surface area (Å²) >= 11 is 0. The molecule has 0 spiro atoms. The smallest absolute Gasteiger partial charge is 0.00339 e. The molecule has 2 rings (SSSR count). The summed E-state index contributed by atoms with van der Waals surface area (Å²) in [5, 5.41) is 0. The van der Waals surface area contributed by atoms with E-state index in [1.165, 1.54) is 50.5 Å². The number of rotatable bonds is 3. The van der Waals surface area contributed by atoms with Crippen molar-refractivity contribution in [3.05, 3.63) is 12.2 Å². The van der Waals surface area contributed by atoms with Crippen molar-refractivity contribution in [2.75, 3.05) is 0 Å². The van der Waals surface area contributed by atoms with Gasteiger partial charge in [-0.25, -0.2) is 0 Å². The number of hydrogen-bond acceptors (Lipinski definition) is 0. The minimum absolute atomic E-state index is 0.592. The lowest BCUT2D eigenvalue weighted by atomic mass is 9.73.